The molecule has 0 bridgehead atoms. The number of hydrogen-bond acceptors (Lipinski definition) is 2. The molecule has 0 heterocycles. The van der Waals surface area contributed by atoms with Crippen molar-refractivity contribution in [1.29, 1.82) is 0 Å². The van der Waals surface area contributed by atoms with E-state index >= 15 is 0 Å². The summed E-state index contributed by atoms with van der Waals surface area (Å²) in [5.41, 5.74) is -0.0512. The first-order valence-corrected chi connectivity index (χ1v) is 7.13. The number of carbonyl (C=O) groups excluding carboxylic acids is 1. The van der Waals surface area contributed by atoms with Gasteiger partial charge in [-0.2, -0.15) is 0 Å². The van der Waals surface area contributed by atoms with Crippen molar-refractivity contribution in [1.82, 2.24) is 5.32 Å². The van der Waals surface area contributed by atoms with Crippen LogP contribution in [0.4, 0.5) is 4.39 Å². The Labute approximate surface area is 134 Å². The van der Waals surface area contributed by atoms with Crippen LogP contribution in [0.2, 0.25) is 5.02 Å². The summed E-state index contributed by atoms with van der Waals surface area (Å²) in [5, 5.41) is 11.8. The fourth-order valence-electron chi connectivity index (χ4n) is 1.83. The van der Waals surface area contributed by atoms with Gasteiger partial charge < -0.3 is 10.4 Å². The summed E-state index contributed by atoms with van der Waals surface area (Å²) < 4.78 is 13.6. The molecule has 0 aliphatic carbocycles. The molecule has 1 atom stereocenters. The van der Waals surface area contributed by atoms with Gasteiger partial charge in [-0.05, 0) is 30.0 Å². The van der Waals surface area contributed by atoms with Crippen LogP contribution in [0, 0.1) is 11.2 Å². The molecule has 0 aromatic heterocycles. The van der Waals surface area contributed by atoms with Gasteiger partial charge in [0.25, 0.3) is 0 Å². The number of benzene rings is 1. The predicted molar refractivity (Wildman–Crippen MR) is 84.1 cm³/mol. The second kappa shape index (κ2) is 7.40. The minimum atomic E-state index is -1.10. The highest BCUT2D eigenvalue weighted by atomic mass is 35.5. The number of carbonyl (C=O) groups is 2. The number of aliphatic carboxylic acids is 1. The average Bonchev–Trinajstić information content (AvgIpc) is 2.35. The number of hydrogen-bond donors (Lipinski definition) is 2. The molecule has 1 aromatic rings. The summed E-state index contributed by atoms with van der Waals surface area (Å²) in [5.74, 6) is -2.25. The van der Waals surface area contributed by atoms with Crippen LogP contribution in [-0.2, 0) is 9.59 Å². The van der Waals surface area contributed by atoms with Crippen molar-refractivity contribution in [2.24, 2.45) is 5.41 Å². The van der Waals surface area contributed by atoms with Crippen LogP contribution in [0.5, 0.6) is 0 Å². The summed E-state index contributed by atoms with van der Waals surface area (Å²) in [6.45, 7) is 5.65. The molecular formula is C16H19ClFNO3. The largest absolute Gasteiger partial charge is 0.480 e. The average molecular weight is 328 g/mol. The minimum Gasteiger partial charge on any atom is -0.480 e. The number of carboxylic acid groups (broad SMARTS) is 1. The molecule has 0 saturated carbocycles. The van der Waals surface area contributed by atoms with E-state index in [4.69, 9.17) is 16.7 Å². The lowest BCUT2D eigenvalue weighted by Gasteiger charge is -2.23. The van der Waals surface area contributed by atoms with Gasteiger partial charge in [-0.1, -0.05) is 38.4 Å². The summed E-state index contributed by atoms with van der Waals surface area (Å²) in [6, 6.07) is 3.08. The van der Waals surface area contributed by atoms with Gasteiger partial charge in [0.05, 0.1) is 0 Å². The second-order valence-electron chi connectivity index (χ2n) is 6.16. The van der Waals surface area contributed by atoms with Crippen LogP contribution in [0.1, 0.15) is 32.8 Å². The van der Waals surface area contributed by atoms with E-state index in [1.807, 2.05) is 20.8 Å². The van der Waals surface area contributed by atoms with E-state index in [1.165, 1.54) is 18.2 Å². The van der Waals surface area contributed by atoms with Crippen LogP contribution in [0.25, 0.3) is 6.08 Å². The molecule has 0 spiro atoms. The summed E-state index contributed by atoms with van der Waals surface area (Å²) in [4.78, 5) is 23.0. The predicted octanol–water partition coefficient (Wildman–Crippen LogP) is 3.50. The topological polar surface area (TPSA) is 66.4 Å². The molecule has 2 N–H and O–H groups in total. The number of carboxylic acids is 1. The van der Waals surface area contributed by atoms with Gasteiger partial charge in [-0.25, -0.2) is 9.18 Å². The fraction of sp³-hybridized carbons (Fsp3) is 0.375. The second-order valence-corrected chi connectivity index (χ2v) is 6.60. The lowest BCUT2D eigenvalue weighted by atomic mass is 9.88. The maximum atomic E-state index is 13.6. The summed E-state index contributed by atoms with van der Waals surface area (Å²) in [7, 11) is 0. The van der Waals surface area contributed by atoms with Gasteiger partial charge in [-0.15, -0.1) is 0 Å². The van der Waals surface area contributed by atoms with E-state index in [2.05, 4.69) is 5.32 Å². The van der Waals surface area contributed by atoms with E-state index in [-0.39, 0.29) is 22.4 Å². The summed E-state index contributed by atoms with van der Waals surface area (Å²) in [6.07, 6.45) is 2.67. The van der Waals surface area contributed by atoms with Crippen molar-refractivity contribution in [2.45, 2.75) is 33.2 Å². The number of rotatable bonds is 5. The van der Waals surface area contributed by atoms with Crippen LogP contribution < -0.4 is 5.32 Å². The molecule has 4 nitrogen and oxygen atoms in total. The molecule has 22 heavy (non-hydrogen) atoms. The van der Waals surface area contributed by atoms with Crippen LogP contribution in [0.15, 0.2) is 24.3 Å². The molecule has 0 radical (unpaired) electrons. The Morgan fingerprint density at radius 3 is 2.55 bits per heavy atom. The van der Waals surface area contributed by atoms with Gasteiger partial charge in [0.15, 0.2) is 0 Å². The first-order valence-electron chi connectivity index (χ1n) is 6.75. The maximum Gasteiger partial charge on any atom is 0.326 e. The van der Waals surface area contributed by atoms with Gasteiger partial charge >= 0.3 is 5.97 Å². The van der Waals surface area contributed by atoms with Crippen LogP contribution in [0.3, 0.4) is 0 Å². The lowest BCUT2D eigenvalue weighted by Crippen LogP contribution is -2.42. The molecule has 1 amide bonds. The van der Waals surface area contributed by atoms with E-state index in [0.717, 1.165) is 12.1 Å². The summed E-state index contributed by atoms with van der Waals surface area (Å²) >= 11 is 5.64. The van der Waals surface area contributed by atoms with Crippen molar-refractivity contribution in [2.75, 3.05) is 0 Å². The Morgan fingerprint density at radius 1 is 1.41 bits per heavy atom. The maximum absolute atomic E-state index is 13.6. The molecule has 1 rings (SSSR count). The number of nitrogens with one attached hydrogen (secondary N) is 1. The highest BCUT2D eigenvalue weighted by Crippen LogP contribution is 2.21. The monoisotopic (exact) mass is 327 g/mol. The van der Waals surface area contributed by atoms with Gasteiger partial charge in [0, 0.05) is 16.7 Å². The molecule has 0 unspecified atom stereocenters. The highest BCUT2D eigenvalue weighted by Gasteiger charge is 2.25. The van der Waals surface area contributed by atoms with Gasteiger partial charge in [0.2, 0.25) is 5.91 Å². The van der Waals surface area contributed by atoms with Gasteiger partial charge in [0.1, 0.15) is 11.9 Å². The van der Waals surface area contributed by atoms with Crippen LogP contribution >= 0.6 is 11.6 Å². The Bertz CT molecular complexity index is 594. The van der Waals surface area contributed by atoms with Crippen molar-refractivity contribution in [3.05, 3.63) is 40.7 Å². The Morgan fingerprint density at radius 2 is 2.05 bits per heavy atom. The zero-order valence-corrected chi connectivity index (χ0v) is 13.4. The van der Waals surface area contributed by atoms with Crippen LogP contribution in [-0.4, -0.2) is 23.0 Å². The number of amides is 1. The lowest BCUT2D eigenvalue weighted by molar-refractivity contribution is -0.142. The Hall–Kier alpha value is -1.88. The minimum absolute atomic E-state index is 0.197. The van der Waals surface area contributed by atoms with E-state index in [0.29, 0.717) is 0 Å². The van der Waals surface area contributed by atoms with Crippen molar-refractivity contribution in [3.8, 4) is 0 Å². The zero-order chi connectivity index (χ0) is 16.9. The third-order valence-electron chi connectivity index (χ3n) is 2.81. The smallest absolute Gasteiger partial charge is 0.326 e. The molecule has 0 saturated heterocycles. The Kier molecular flexibility index (Phi) is 6.11. The normalized spacial score (nSPS) is 13.1. The third-order valence-corrected chi connectivity index (χ3v) is 3.04. The molecule has 0 aliphatic rings. The third kappa shape index (κ3) is 6.26. The molecule has 0 fully saturated rings. The van der Waals surface area contributed by atoms with E-state index < -0.39 is 23.7 Å². The highest BCUT2D eigenvalue weighted by molar-refractivity contribution is 6.30. The fourth-order valence-corrected chi connectivity index (χ4v) is 1.99. The first-order chi connectivity index (χ1) is 10.1. The van der Waals surface area contributed by atoms with Crippen molar-refractivity contribution < 1.29 is 19.1 Å². The van der Waals surface area contributed by atoms with Crippen molar-refractivity contribution in [3.63, 3.8) is 0 Å². The molecule has 120 valence electrons. The molecule has 0 aliphatic heterocycles. The quantitative estimate of drug-likeness (QED) is 0.813. The van der Waals surface area contributed by atoms with Crippen molar-refractivity contribution >= 4 is 29.6 Å². The number of halogens is 2. The molecule has 1 aromatic carbocycles. The van der Waals surface area contributed by atoms with E-state index in [1.54, 1.807) is 0 Å². The molecular weight excluding hydrogens is 309 g/mol. The zero-order valence-electron chi connectivity index (χ0n) is 12.7. The van der Waals surface area contributed by atoms with E-state index in [9.17, 15) is 14.0 Å². The SMILES string of the molecule is CC(C)(C)C[C@H](NC(=O)/C=C/c1ccc(Cl)cc1F)C(=O)O. The Balaban J connectivity index is 2.75. The molecule has 6 heteroatoms. The standard InChI is InChI=1S/C16H19ClFNO3/c1-16(2,3)9-13(15(21)22)19-14(20)7-5-10-4-6-11(17)8-12(10)18/h4-8,13H,9H2,1-3H3,(H,19,20)(H,21,22)/b7-5+/t13-/m0/s1. The van der Waals surface area contributed by atoms with Gasteiger partial charge in [-0.3, -0.25) is 4.79 Å². The first kappa shape index (κ1) is 18.2.